The van der Waals surface area contributed by atoms with Crippen LogP contribution in [0.3, 0.4) is 0 Å². The Morgan fingerprint density at radius 3 is 2.07 bits per heavy atom. The van der Waals surface area contributed by atoms with E-state index in [0.29, 0.717) is 16.7 Å². The molecule has 7 heteroatoms. The van der Waals surface area contributed by atoms with Gasteiger partial charge in [-0.3, -0.25) is 4.79 Å². The molecule has 0 heterocycles. The minimum atomic E-state index is -4.42. The summed E-state index contributed by atoms with van der Waals surface area (Å²) in [5.74, 6) is -0.335. The molecule has 2 aromatic rings. The first-order valence-electron chi connectivity index (χ1n) is 8.96. The molecule has 0 radical (unpaired) electrons. The van der Waals surface area contributed by atoms with E-state index in [1.807, 2.05) is 0 Å². The van der Waals surface area contributed by atoms with E-state index in [1.54, 1.807) is 45.0 Å². The first-order valence-corrected chi connectivity index (χ1v) is 10.7. The fourth-order valence-electron chi connectivity index (χ4n) is 2.80. The molecule has 0 amide bonds. The molecular formula is C21H23F3O3S. The Kier molecular flexibility index (Phi) is 6.70. The van der Waals surface area contributed by atoms with Crippen molar-refractivity contribution in [3.05, 3.63) is 70.3 Å². The Bertz CT molecular complexity index is 944. The maximum atomic E-state index is 13.0. The van der Waals surface area contributed by atoms with Crippen LogP contribution in [0.15, 0.2) is 42.5 Å². The molecule has 2 aromatic carbocycles. The average molecular weight is 412 g/mol. The second kappa shape index (κ2) is 8.47. The van der Waals surface area contributed by atoms with Crippen LogP contribution in [0.5, 0.6) is 0 Å². The van der Waals surface area contributed by atoms with Gasteiger partial charge in [0.05, 0.1) is 16.6 Å². The van der Waals surface area contributed by atoms with Crippen molar-refractivity contribution in [1.29, 1.82) is 0 Å². The van der Waals surface area contributed by atoms with Crippen LogP contribution in [0.1, 0.15) is 53.4 Å². The highest BCUT2D eigenvalue weighted by Gasteiger charge is 2.32. The Balaban J connectivity index is 2.15. The minimum absolute atomic E-state index is 0.0191. The molecule has 3 nitrogen and oxygen atoms in total. The second-order valence-corrected chi connectivity index (χ2v) is 9.55. The lowest BCUT2D eigenvalue weighted by Crippen LogP contribution is -2.16. The monoisotopic (exact) mass is 412 g/mol. The second-order valence-electron chi connectivity index (χ2n) is 7.00. The number of carbonyl (C=O) groups excluding carboxylic acids is 1. The first kappa shape index (κ1) is 22.1. The predicted molar refractivity (Wildman–Crippen MR) is 103 cm³/mol. The zero-order valence-electron chi connectivity index (χ0n) is 16.0. The quantitative estimate of drug-likeness (QED) is 0.600. The molecule has 0 aromatic heterocycles. The maximum absolute atomic E-state index is 13.0. The summed E-state index contributed by atoms with van der Waals surface area (Å²) in [6, 6.07) is 10.1. The van der Waals surface area contributed by atoms with E-state index in [-0.39, 0.29) is 29.9 Å². The van der Waals surface area contributed by atoms with Gasteiger partial charge < -0.3 is 0 Å². The van der Waals surface area contributed by atoms with Crippen LogP contribution in [0.2, 0.25) is 0 Å². The van der Waals surface area contributed by atoms with Crippen molar-refractivity contribution >= 4 is 15.6 Å². The zero-order chi connectivity index (χ0) is 21.1. The highest BCUT2D eigenvalue weighted by atomic mass is 32.2. The van der Waals surface area contributed by atoms with Crippen molar-refractivity contribution in [2.45, 2.75) is 50.8 Å². The molecule has 0 fully saturated rings. The van der Waals surface area contributed by atoms with Gasteiger partial charge in [-0.25, -0.2) is 8.42 Å². The molecule has 2 rings (SSSR count). The maximum Gasteiger partial charge on any atom is 0.416 e. The molecule has 0 spiro atoms. The molecule has 0 saturated heterocycles. The lowest BCUT2D eigenvalue weighted by molar-refractivity contribution is -0.138. The van der Waals surface area contributed by atoms with E-state index in [0.717, 1.165) is 6.07 Å². The van der Waals surface area contributed by atoms with E-state index in [2.05, 4.69) is 0 Å². The number of ketones is 1. The van der Waals surface area contributed by atoms with Gasteiger partial charge >= 0.3 is 6.18 Å². The molecule has 0 saturated carbocycles. The van der Waals surface area contributed by atoms with Crippen LogP contribution in [0.4, 0.5) is 13.2 Å². The number of halogens is 3. The van der Waals surface area contributed by atoms with Crippen molar-refractivity contribution in [2.24, 2.45) is 0 Å². The van der Waals surface area contributed by atoms with Crippen LogP contribution in [-0.2, 0) is 34.6 Å². The smallest absolute Gasteiger partial charge is 0.294 e. The fourth-order valence-corrected chi connectivity index (χ4v) is 3.79. The topological polar surface area (TPSA) is 51.2 Å². The van der Waals surface area contributed by atoms with Gasteiger partial charge in [0.1, 0.15) is 0 Å². The SMILES string of the molecule is CCc1cc(CC(=O)c2ccc(CS(=O)(=O)C(C)C)cc2)ccc1C(F)(F)F. The van der Waals surface area contributed by atoms with Crippen LogP contribution >= 0.6 is 0 Å². The summed E-state index contributed by atoms with van der Waals surface area (Å²) in [5.41, 5.74) is 0.979. The molecule has 0 N–H and O–H groups in total. The van der Waals surface area contributed by atoms with Gasteiger partial charge in [-0.1, -0.05) is 43.3 Å². The molecule has 0 aliphatic rings. The standard InChI is InChI=1S/C21H23F3O3S/c1-4-17-11-16(7-10-19(17)21(22,23)24)12-20(25)18-8-5-15(6-9-18)13-28(26,27)14(2)3/h5-11,14H,4,12-13H2,1-3H3. The van der Waals surface area contributed by atoms with Gasteiger partial charge in [0.25, 0.3) is 0 Å². The molecule has 0 atom stereocenters. The normalized spacial score (nSPS) is 12.4. The Hall–Kier alpha value is -2.15. The van der Waals surface area contributed by atoms with Gasteiger partial charge in [-0.2, -0.15) is 13.2 Å². The number of carbonyl (C=O) groups is 1. The summed E-state index contributed by atoms with van der Waals surface area (Å²) in [5, 5.41) is -0.485. The van der Waals surface area contributed by atoms with Gasteiger partial charge in [-0.05, 0) is 43.0 Å². The number of sulfone groups is 1. The lowest BCUT2D eigenvalue weighted by atomic mass is 9.97. The van der Waals surface area contributed by atoms with E-state index in [1.165, 1.54) is 12.1 Å². The molecule has 152 valence electrons. The van der Waals surface area contributed by atoms with E-state index in [4.69, 9.17) is 0 Å². The summed E-state index contributed by atoms with van der Waals surface area (Å²) >= 11 is 0. The average Bonchev–Trinajstić information content (AvgIpc) is 2.60. The number of hydrogen-bond acceptors (Lipinski definition) is 3. The number of alkyl halides is 3. The highest BCUT2D eigenvalue weighted by molar-refractivity contribution is 7.91. The molecule has 0 unspecified atom stereocenters. The number of rotatable bonds is 7. The van der Waals surface area contributed by atoms with Gasteiger partial charge in [-0.15, -0.1) is 0 Å². The molecular weight excluding hydrogens is 389 g/mol. The predicted octanol–water partition coefficient (Wildman–Crippen LogP) is 5.02. The number of aryl methyl sites for hydroxylation is 1. The third-order valence-electron chi connectivity index (χ3n) is 4.58. The third-order valence-corrected chi connectivity index (χ3v) is 6.75. The summed E-state index contributed by atoms with van der Waals surface area (Å²) in [4.78, 5) is 12.5. The van der Waals surface area contributed by atoms with Crippen molar-refractivity contribution in [1.82, 2.24) is 0 Å². The van der Waals surface area contributed by atoms with Gasteiger partial charge in [0, 0.05) is 12.0 Å². The van der Waals surface area contributed by atoms with Crippen LogP contribution in [-0.4, -0.2) is 19.5 Å². The largest absolute Gasteiger partial charge is 0.416 e. The van der Waals surface area contributed by atoms with Crippen molar-refractivity contribution < 1.29 is 26.4 Å². The molecule has 0 bridgehead atoms. The molecule has 0 aliphatic heterocycles. The van der Waals surface area contributed by atoms with Crippen LogP contribution in [0, 0.1) is 0 Å². The Labute approximate surface area is 163 Å². The van der Waals surface area contributed by atoms with Crippen LogP contribution in [0.25, 0.3) is 0 Å². The molecule has 0 aliphatic carbocycles. The summed E-state index contributed by atoms with van der Waals surface area (Å²) in [6.07, 6.45) is -4.22. The van der Waals surface area contributed by atoms with Gasteiger partial charge in [0.2, 0.25) is 0 Å². The Morgan fingerprint density at radius 1 is 1.00 bits per heavy atom. The first-order chi connectivity index (χ1) is 12.9. The van der Waals surface area contributed by atoms with E-state index in [9.17, 15) is 26.4 Å². The number of benzene rings is 2. The van der Waals surface area contributed by atoms with Crippen LogP contribution < -0.4 is 0 Å². The Morgan fingerprint density at radius 2 is 1.57 bits per heavy atom. The number of Topliss-reactive ketones (excluding diaryl/α,β-unsaturated/α-hetero) is 1. The summed E-state index contributed by atoms with van der Waals surface area (Å²) < 4.78 is 62.9. The summed E-state index contributed by atoms with van der Waals surface area (Å²) in [6.45, 7) is 4.86. The highest BCUT2D eigenvalue weighted by Crippen LogP contribution is 2.33. The number of hydrogen-bond donors (Lipinski definition) is 0. The molecule has 28 heavy (non-hydrogen) atoms. The van der Waals surface area contributed by atoms with Crippen molar-refractivity contribution in [2.75, 3.05) is 0 Å². The zero-order valence-corrected chi connectivity index (χ0v) is 16.8. The van der Waals surface area contributed by atoms with E-state index < -0.39 is 26.8 Å². The minimum Gasteiger partial charge on any atom is -0.294 e. The lowest BCUT2D eigenvalue weighted by Gasteiger charge is -2.13. The van der Waals surface area contributed by atoms with Crippen molar-refractivity contribution in [3.8, 4) is 0 Å². The fraction of sp³-hybridized carbons (Fsp3) is 0.381. The summed E-state index contributed by atoms with van der Waals surface area (Å²) in [7, 11) is -3.23. The third kappa shape index (κ3) is 5.44. The van der Waals surface area contributed by atoms with Crippen molar-refractivity contribution in [3.63, 3.8) is 0 Å². The van der Waals surface area contributed by atoms with Gasteiger partial charge in [0.15, 0.2) is 15.6 Å². The van der Waals surface area contributed by atoms with E-state index >= 15 is 0 Å².